The van der Waals surface area contributed by atoms with Gasteiger partial charge in [0.05, 0.1) is 12.3 Å². The minimum absolute atomic E-state index is 0.413. The first kappa shape index (κ1) is 9.01. The Morgan fingerprint density at radius 1 is 1.33 bits per heavy atom. The molecule has 0 aliphatic heterocycles. The maximum absolute atomic E-state index is 5.82. The first-order valence-electron chi connectivity index (χ1n) is 5.64. The highest BCUT2D eigenvalue weighted by Gasteiger charge is 2.49. The molecule has 0 saturated heterocycles. The van der Waals surface area contributed by atoms with E-state index in [1.165, 1.54) is 32.1 Å². The normalized spacial score (nSPS) is 23.2. The van der Waals surface area contributed by atoms with Crippen LogP contribution in [0.15, 0.2) is 18.3 Å². The van der Waals surface area contributed by atoms with E-state index in [1.807, 2.05) is 6.07 Å². The lowest BCUT2D eigenvalue weighted by Crippen LogP contribution is -2.48. The van der Waals surface area contributed by atoms with Crippen LogP contribution in [0.4, 0.5) is 5.82 Å². The number of anilines is 1. The van der Waals surface area contributed by atoms with E-state index in [-0.39, 0.29) is 0 Å². The van der Waals surface area contributed by atoms with Crippen molar-refractivity contribution in [3.63, 3.8) is 0 Å². The second-order valence-corrected chi connectivity index (χ2v) is 4.92. The van der Waals surface area contributed by atoms with Crippen LogP contribution in [0.1, 0.15) is 32.1 Å². The molecule has 1 aromatic rings. The van der Waals surface area contributed by atoms with Gasteiger partial charge in [0.15, 0.2) is 0 Å². The lowest BCUT2D eigenvalue weighted by atomic mass is 9.55. The van der Waals surface area contributed by atoms with Crippen molar-refractivity contribution in [2.24, 2.45) is 5.41 Å². The molecule has 3 heteroatoms. The average Bonchev–Trinajstić information content (AvgIpc) is 2.10. The molecule has 2 fully saturated rings. The Morgan fingerprint density at radius 3 is 2.67 bits per heavy atom. The van der Waals surface area contributed by atoms with Crippen molar-refractivity contribution in [3.8, 4) is 5.75 Å². The van der Waals surface area contributed by atoms with Gasteiger partial charge in [-0.2, -0.15) is 0 Å². The zero-order valence-electron chi connectivity index (χ0n) is 8.78. The summed E-state index contributed by atoms with van der Waals surface area (Å²) in [7, 11) is 0. The number of rotatable bonds is 2. The van der Waals surface area contributed by atoms with E-state index in [0.29, 0.717) is 17.3 Å². The van der Waals surface area contributed by atoms with Gasteiger partial charge in [0, 0.05) is 0 Å². The number of ether oxygens (including phenoxy) is 1. The number of pyridine rings is 1. The van der Waals surface area contributed by atoms with E-state index >= 15 is 0 Å². The molecular formula is C12H16N2O. The summed E-state index contributed by atoms with van der Waals surface area (Å²) in [6.07, 6.45) is 8.82. The molecule has 0 aromatic carbocycles. The van der Waals surface area contributed by atoms with E-state index in [0.717, 1.165) is 5.75 Å². The quantitative estimate of drug-likeness (QED) is 0.804. The first-order chi connectivity index (χ1) is 7.26. The van der Waals surface area contributed by atoms with E-state index in [2.05, 4.69) is 4.98 Å². The van der Waals surface area contributed by atoms with Gasteiger partial charge in [-0.05, 0) is 43.2 Å². The molecule has 1 aromatic heterocycles. The van der Waals surface area contributed by atoms with Crippen molar-refractivity contribution in [2.45, 2.75) is 38.2 Å². The van der Waals surface area contributed by atoms with E-state index in [1.54, 1.807) is 12.3 Å². The molecule has 15 heavy (non-hydrogen) atoms. The summed E-state index contributed by atoms with van der Waals surface area (Å²) in [4.78, 5) is 4.01. The maximum atomic E-state index is 5.82. The Kier molecular flexibility index (Phi) is 1.87. The SMILES string of the molecule is Nc1ccc(OC2CC3(CCC3)C2)cn1. The third-order valence-electron chi connectivity index (χ3n) is 3.80. The molecule has 0 atom stereocenters. The molecule has 0 amide bonds. The highest BCUT2D eigenvalue weighted by molar-refractivity contribution is 5.32. The lowest BCUT2D eigenvalue weighted by molar-refractivity contribution is -0.0682. The van der Waals surface area contributed by atoms with Crippen molar-refractivity contribution in [1.82, 2.24) is 4.98 Å². The summed E-state index contributed by atoms with van der Waals surface area (Å²) in [5.41, 5.74) is 6.18. The highest BCUT2D eigenvalue weighted by Crippen LogP contribution is 2.56. The number of hydrogen-bond donors (Lipinski definition) is 1. The Labute approximate surface area is 89.6 Å². The molecule has 0 unspecified atom stereocenters. The fourth-order valence-corrected chi connectivity index (χ4v) is 2.73. The fraction of sp³-hybridized carbons (Fsp3) is 0.583. The first-order valence-corrected chi connectivity index (χ1v) is 5.64. The van der Waals surface area contributed by atoms with E-state index in [9.17, 15) is 0 Å². The van der Waals surface area contributed by atoms with Crippen LogP contribution in [0.5, 0.6) is 5.75 Å². The van der Waals surface area contributed by atoms with Gasteiger partial charge in [0.25, 0.3) is 0 Å². The number of hydrogen-bond acceptors (Lipinski definition) is 3. The number of aromatic nitrogens is 1. The highest BCUT2D eigenvalue weighted by atomic mass is 16.5. The van der Waals surface area contributed by atoms with Crippen LogP contribution in [0.3, 0.4) is 0 Å². The third-order valence-corrected chi connectivity index (χ3v) is 3.80. The van der Waals surface area contributed by atoms with E-state index in [4.69, 9.17) is 10.5 Å². The van der Waals surface area contributed by atoms with Crippen LogP contribution in [0.25, 0.3) is 0 Å². The van der Waals surface area contributed by atoms with Crippen molar-refractivity contribution in [1.29, 1.82) is 0 Å². The molecule has 3 nitrogen and oxygen atoms in total. The zero-order chi connectivity index (χ0) is 10.3. The van der Waals surface area contributed by atoms with Crippen LogP contribution < -0.4 is 10.5 Å². The molecule has 2 saturated carbocycles. The summed E-state index contributed by atoms with van der Waals surface area (Å²) in [5.74, 6) is 1.40. The molecule has 0 bridgehead atoms. The molecule has 1 heterocycles. The van der Waals surface area contributed by atoms with Gasteiger partial charge in [-0.15, -0.1) is 0 Å². The lowest BCUT2D eigenvalue weighted by Gasteiger charge is -2.53. The van der Waals surface area contributed by atoms with Crippen LogP contribution in [-0.4, -0.2) is 11.1 Å². The van der Waals surface area contributed by atoms with Crippen LogP contribution in [0.2, 0.25) is 0 Å². The van der Waals surface area contributed by atoms with Crippen molar-refractivity contribution < 1.29 is 4.74 Å². The Morgan fingerprint density at radius 2 is 2.13 bits per heavy atom. The third kappa shape index (κ3) is 1.56. The van der Waals surface area contributed by atoms with Crippen LogP contribution >= 0.6 is 0 Å². The number of nitrogen functional groups attached to an aromatic ring is 1. The molecule has 1 spiro atoms. The topological polar surface area (TPSA) is 48.1 Å². The van der Waals surface area contributed by atoms with Gasteiger partial charge in [0.2, 0.25) is 0 Å². The molecule has 3 rings (SSSR count). The molecular weight excluding hydrogens is 188 g/mol. The molecule has 0 radical (unpaired) electrons. The van der Waals surface area contributed by atoms with Crippen molar-refractivity contribution in [3.05, 3.63) is 18.3 Å². The van der Waals surface area contributed by atoms with Gasteiger partial charge < -0.3 is 10.5 Å². The van der Waals surface area contributed by atoms with Crippen molar-refractivity contribution >= 4 is 5.82 Å². The molecule has 2 aliphatic carbocycles. The molecule has 2 N–H and O–H groups in total. The monoisotopic (exact) mass is 204 g/mol. The average molecular weight is 204 g/mol. The number of nitrogens with zero attached hydrogens (tertiary/aromatic N) is 1. The van der Waals surface area contributed by atoms with Gasteiger partial charge in [0.1, 0.15) is 11.6 Å². The van der Waals surface area contributed by atoms with E-state index < -0.39 is 0 Å². The second kappa shape index (κ2) is 3.12. The Hall–Kier alpha value is -1.25. The predicted octanol–water partition coefficient (Wildman–Crippen LogP) is 2.38. The summed E-state index contributed by atoms with van der Waals surface area (Å²) in [5, 5.41) is 0. The minimum Gasteiger partial charge on any atom is -0.489 e. The van der Waals surface area contributed by atoms with Gasteiger partial charge in [-0.25, -0.2) is 4.98 Å². The minimum atomic E-state index is 0.413. The number of nitrogens with two attached hydrogens (primary N) is 1. The van der Waals surface area contributed by atoms with Crippen LogP contribution in [0, 0.1) is 5.41 Å². The predicted molar refractivity (Wildman–Crippen MR) is 58.6 cm³/mol. The zero-order valence-corrected chi connectivity index (χ0v) is 8.78. The van der Waals surface area contributed by atoms with Crippen molar-refractivity contribution in [2.75, 3.05) is 5.73 Å². The van der Waals surface area contributed by atoms with Gasteiger partial charge in [-0.1, -0.05) is 6.42 Å². The van der Waals surface area contributed by atoms with Gasteiger partial charge in [-0.3, -0.25) is 0 Å². The summed E-state index contributed by atoms with van der Waals surface area (Å²) < 4.78 is 5.82. The molecule has 2 aliphatic rings. The Bertz CT molecular complexity index is 348. The Balaban J connectivity index is 1.56. The summed E-state index contributed by atoms with van der Waals surface area (Å²) in [6.45, 7) is 0. The second-order valence-electron chi connectivity index (χ2n) is 4.92. The molecule has 80 valence electrons. The maximum Gasteiger partial charge on any atom is 0.138 e. The van der Waals surface area contributed by atoms with Gasteiger partial charge >= 0.3 is 0 Å². The summed E-state index contributed by atoms with van der Waals surface area (Å²) >= 11 is 0. The fourth-order valence-electron chi connectivity index (χ4n) is 2.73. The van der Waals surface area contributed by atoms with Crippen LogP contribution in [-0.2, 0) is 0 Å². The standard InChI is InChI=1S/C12H16N2O/c13-11-3-2-9(8-14-11)15-10-6-12(7-10)4-1-5-12/h2-3,8,10H,1,4-7H2,(H2,13,14). The smallest absolute Gasteiger partial charge is 0.138 e. The summed E-state index contributed by atoms with van der Waals surface area (Å²) in [6, 6.07) is 3.68. The largest absolute Gasteiger partial charge is 0.489 e.